The smallest absolute Gasteiger partial charge is 0.187 e. The molecule has 11 N–H and O–H groups in total. The van der Waals surface area contributed by atoms with Gasteiger partial charge in [-0.2, -0.15) is 0 Å². The monoisotopic (exact) mass is 903 g/mol. The highest BCUT2D eigenvalue weighted by Gasteiger charge is 2.73. The Hall–Kier alpha value is -0.940. The van der Waals surface area contributed by atoms with Crippen LogP contribution in [-0.2, 0) is 28.4 Å². The van der Waals surface area contributed by atoms with Gasteiger partial charge < -0.3 is 84.6 Å². The van der Waals surface area contributed by atoms with E-state index in [1.54, 1.807) is 0 Å². The Balaban J connectivity index is 1.07. The van der Waals surface area contributed by atoms with Crippen molar-refractivity contribution in [1.82, 2.24) is 0 Å². The van der Waals surface area contributed by atoms with Crippen LogP contribution in [0.5, 0.6) is 0 Å². The summed E-state index contributed by atoms with van der Waals surface area (Å²) in [5.74, 6) is -0.536. The molecule has 17 heteroatoms. The Kier molecular flexibility index (Phi) is 14.4. The Labute approximate surface area is 371 Å². The van der Waals surface area contributed by atoms with Gasteiger partial charge in [0.15, 0.2) is 18.9 Å². The molecule has 0 unspecified atom stereocenters. The summed E-state index contributed by atoms with van der Waals surface area (Å²) >= 11 is 0. The van der Waals surface area contributed by atoms with Gasteiger partial charge in [0.2, 0.25) is 0 Å². The second-order valence-corrected chi connectivity index (χ2v) is 22.2. The number of allylic oxidation sites excluding steroid dienone is 2. The molecule has 0 aromatic rings. The molecule has 0 amide bonds. The van der Waals surface area contributed by atoms with Crippen molar-refractivity contribution >= 4 is 0 Å². The fraction of sp³-hybridized carbons (Fsp3) is 0.957. The minimum absolute atomic E-state index is 0.0907. The van der Waals surface area contributed by atoms with E-state index in [0.29, 0.717) is 38.5 Å². The van der Waals surface area contributed by atoms with Crippen molar-refractivity contribution in [2.75, 3.05) is 19.8 Å². The SMILES string of the molecule is CC(C)=CCC[C@](C)(O[C@@H]1O[C@H](CO[C@@H]2OC[C@H](O[C@@H]3OC[C@@H](O)[C@H](O)[C@H]3O)[C@H](O)[C@H]2O)[C@@H](O)[C@H](O)[C@H]1O)[C@@H]1CC[C@]2(C)[C@H]1[C@H](O)C[C@H]1[C@]3(C)CC[C@@H](O)C(C)(C)[C@@H]3[C@H](O)C[C@@]12C. The van der Waals surface area contributed by atoms with Gasteiger partial charge in [0.05, 0.1) is 43.7 Å². The Morgan fingerprint density at radius 1 is 0.698 bits per heavy atom. The summed E-state index contributed by atoms with van der Waals surface area (Å²) in [4.78, 5) is 0. The van der Waals surface area contributed by atoms with E-state index < -0.39 is 121 Å². The van der Waals surface area contributed by atoms with Gasteiger partial charge in [0.1, 0.15) is 61.0 Å². The molecule has 0 radical (unpaired) electrons. The summed E-state index contributed by atoms with van der Waals surface area (Å²) in [6, 6.07) is 0. The van der Waals surface area contributed by atoms with E-state index in [-0.39, 0.29) is 47.7 Å². The minimum atomic E-state index is -1.72. The molecule has 17 nitrogen and oxygen atoms in total. The Bertz CT molecular complexity index is 1610. The van der Waals surface area contributed by atoms with E-state index in [1.165, 1.54) is 0 Å². The second kappa shape index (κ2) is 18.2. The van der Waals surface area contributed by atoms with Crippen LogP contribution in [0.1, 0.15) is 107 Å². The Morgan fingerprint density at radius 3 is 2.03 bits per heavy atom. The lowest BCUT2D eigenvalue weighted by atomic mass is 9.34. The van der Waals surface area contributed by atoms with Crippen LogP contribution in [0, 0.1) is 45.3 Å². The van der Waals surface area contributed by atoms with Gasteiger partial charge in [-0.15, -0.1) is 0 Å². The van der Waals surface area contributed by atoms with Crippen LogP contribution in [0.4, 0.5) is 0 Å². The lowest BCUT2D eigenvalue weighted by Crippen LogP contribution is -2.70. The van der Waals surface area contributed by atoms with Gasteiger partial charge in [-0.3, -0.25) is 0 Å². The average molecular weight is 903 g/mol. The molecular formula is C46H78O17. The number of rotatable bonds is 11. The molecule has 0 bridgehead atoms. The Morgan fingerprint density at radius 2 is 1.35 bits per heavy atom. The van der Waals surface area contributed by atoms with E-state index in [4.69, 9.17) is 28.4 Å². The standard InChI is InChI=1S/C46H78O17/c1-21(2)10-9-13-46(8,22-11-15-44(6)30(22)23(47)16-28-43(5)14-12-29(50)42(3,4)38(43)24(48)17-45(28,44)7)63-41-37(57)34(54)32(52)26(62-41)19-59-39-36(56)33(53)27(20-60-39)61-40-35(55)31(51)25(49)18-58-40/h10,22-41,47-57H,9,11-20H2,1-8H3/t22-,23-,24-,25-,26-,27+,28+,29-,30-,31+,32-,33+,34+,35-,36-,37-,38+,39-,40+,41+,43+,44-,45+,46+/m1/s1. The molecule has 3 aliphatic heterocycles. The zero-order valence-corrected chi connectivity index (χ0v) is 38.3. The molecule has 4 saturated carbocycles. The van der Waals surface area contributed by atoms with Crippen LogP contribution >= 0.6 is 0 Å². The molecule has 7 rings (SSSR count). The molecule has 63 heavy (non-hydrogen) atoms. The number of aliphatic hydroxyl groups excluding tert-OH is 11. The molecule has 0 spiro atoms. The largest absolute Gasteiger partial charge is 0.393 e. The summed E-state index contributed by atoms with van der Waals surface area (Å²) in [6.07, 6.45) is -14.4. The third-order valence-electron chi connectivity index (χ3n) is 17.9. The highest BCUT2D eigenvalue weighted by molar-refractivity contribution is 5.22. The normalized spacial score (nSPS) is 53.1. The second-order valence-electron chi connectivity index (χ2n) is 22.2. The lowest BCUT2D eigenvalue weighted by molar-refractivity contribution is -0.351. The molecule has 0 aromatic carbocycles. The van der Waals surface area contributed by atoms with Crippen molar-refractivity contribution < 1.29 is 84.6 Å². The first-order valence-electron chi connectivity index (χ1n) is 23.3. The van der Waals surface area contributed by atoms with Gasteiger partial charge in [-0.1, -0.05) is 46.3 Å². The molecule has 7 fully saturated rings. The number of aliphatic hydroxyl groups is 11. The van der Waals surface area contributed by atoms with Gasteiger partial charge in [-0.25, -0.2) is 0 Å². The van der Waals surface area contributed by atoms with Crippen molar-refractivity contribution in [3.63, 3.8) is 0 Å². The van der Waals surface area contributed by atoms with Crippen molar-refractivity contribution in [2.24, 2.45) is 45.3 Å². The first-order valence-corrected chi connectivity index (χ1v) is 23.3. The third kappa shape index (κ3) is 8.53. The number of hydrogen-bond donors (Lipinski definition) is 11. The molecule has 3 heterocycles. The zero-order chi connectivity index (χ0) is 46.4. The van der Waals surface area contributed by atoms with Crippen LogP contribution in [0.3, 0.4) is 0 Å². The summed E-state index contributed by atoms with van der Waals surface area (Å²) in [5.41, 5.74) is -1.50. The van der Waals surface area contributed by atoms with Crippen LogP contribution in [-0.4, -0.2) is 180 Å². The van der Waals surface area contributed by atoms with E-state index in [0.717, 1.165) is 18.4 Å². The maximum absolute atomic E-state index is 12.5. The van der Waals surface area contributed by atoms with E-state index >= 15 is 0 Å². The van der Waals surface area contributed by atoms with Crippen LogP contribution in [0.25, 0.3) is 0 Å². The average Bonchev–Trinajstić information content (AvgIpc) is 3.60. The first-order chi connectivity index (χ1) is 29.3. The van der Waals surface area contributed by atoms with E-state index in [9.17, 15) is 56.2 Å². The lowest BCUT2D eigenvalue weighted by Gasteiger charge is -2.71. The van der Waals surface area contributed by atoms with E-state index in [1.807, 2.05) is 20.8 Å². The van der Waals surface area contributed by atoms with Crippen molar-refractivity contribution in [1.29, 1.82) is 0 Å². The summed E-state index contributed by atoms with van der Waals surface area (Å²) < 4.78 is 35.4. The molecular weight excluding hydrogens is 824 g/mol. The first kappa shape index (κ1) is 50.0. The maximum Gasteiger partial charge on any atom is 0.187 e. The topological polar surface area (TPSA) is 278 Å². The van der Waals surface area contributed by atoms with Crippen molar-refractivity contribution in [2.45, 2.75) is 211 Å². The van der Waals surface area contributed by atoms with Crippen LogP contribution in [0.15, 0.2) is 11.6 Å². The molecule has 24 atom stereocenters. The summed E-state index contributed by atoms with van der Waals surface area (Å²) in [7, 11) is 0. The molecule has 4 aliphatic carbocycles. The van der Waals surface area contributed by atoms with Gasteiger partial charge >= 0.3 is 0 Å². The molecule has 7 aliphatic rings. The minimum Gasteiger partial charge on any atom is -0.393 e. The number of hydrogen-bond acceptors (Lipinski definition) is 17. The summed E-state index contributed by atoms with van der Waals surface area (Å²) in [6.45, 7) is 15.8. The number of ether oxygens (including phenoxy) is 6. The molecule has 3 saturated heterocycles. The highest BCUT2D eigenvalue weighted by atomic mass is 16.7. The third-order valence-corrected chi connectivity index (χ3v) is 17.9. The van der Waals surface area contributed by atoms with Crippen molar-refractivity contribution in [3.05, 3.63) is 11.6 Å². The van der Waals surface area contributed by atoms with Crippen LogP contribution in [0.2, 0.25) is 0 Å². The van der Waals surface area contributed by atoms with Gasteiger partial charge in [0, 0.05) is 0 Å². The van der Waals surface area contributed by atoms with Gasteiger partial charge in [0.25, 0.3) is 0 Å². The molecule has 364 valence electrons. The predicted octanol–water partition coefficient (Wildman–Crippen LogP) is 0.222. The van der Waals surface area contributed by atoms with Crippen LogP contribution < -0.4 is 0 Å². The van der Waals surface area contributed by atoms with E-state index in [2.05, 4.69) is 40.7 Å². The zero-order valence-electron chi connectivity index (χ0n) is 38.3. The predicted molar refractivity (Wildman–Crippen MR) is 223 cm³/mol. The fourth-order valence-electron chi connectivity index (χ4n) is 14.3. The molecule has 0 aromatic heterocycles. The quantitative estimate of drug-likeness (QED) is 0.124. The van der Waals surface area contributed by atoms with Gasteiger partial charge in [-0.05, 0) is 117 Å². The highest BCUT2D eigenvalue weighted by Crippen LogP contribution is 2.76. The fourth-order valence-corrected chi connectivity index (χ4v) is 14.3. The summed E-state index contributed by atoms with van der Waals surface area (Å²) in [5, 5.41) is 121. The maximum atomic E-state index is 12.5. The number of fused-ring (bicyclic) bond motifs is 5. The van der Waals surface area contributed by atoms with Crippen molar-refractivity contribution in [3.8, 4) is 0 Å².